The van der Waals surface area contributed by atoms with Crippen LogP contribution in [0.4, 0.5) is 13.2 Å². The molecule has 0 aromatic carbocycles. The van der Waals surface area contributed by atoms with Gasteiger partial charge in [0.2, 0.25) is 0 Å². The van der Waals surface area contributed by atoms with Crippen LogP contribution in [-0.2, 0) is 25.9 Å². The van der Waals surface area contributed by atoms with Crippen LogP contribution in [0, 0.1) is 0 Å². The zero-order chi connectivity index (χ0) is 15.8. The molecule has 0 bridgehead atoms. The number of rotatable bonds is 4. The molecule has 6 nitrogen and oxygen atoms in total. The van der Waals surface area contributed by atoms with Crippen LogP contribution >= 0.6 is 10.7 Å². The Bertz CT molecular complexity index is 577. The van der Waals surface area contributed by atoms with Gasteiger partial charge < -0.3 is 4.74 Å². The highest BCUT2D eigenvalue weighted by molar-refractivity contribution is 8.13. The van der Waals surface area contributed by atoms with E-state index in [1.54, 1.807) is 20.8 Å². The van der Waals surface area contributed by atoms with Crippen molar-refractivity contribution in [3.63, 3.8) is 0 Å². The molecule has 0 aliphatic carbocycles. The summed E-state index contributed by atoms with van der Waals surface area (Å²) in [6, 6.07) is 0. The summed E-state index contributed by atoms with van der Waals surface area (Å²) >= 11 is 0. The second-order valence-corrected chi connectivity index (χ2v) is 7.41. The first kappa shape index (κ1) is 17.2. The molecule has 20 heavy (non-hydrogen) atoms. The molecule has 0 aliphatic rings. The van der Waals surface area contributed by atoms with E-state index in [1.807, 2.05) is 0 Å². The SMILES string of the molecule is CC(C)(C)n1c(COCC(F)(F)F)nnc1S(=O)(=O)Cl. The Kier molecular flexibility index (Phi) is 4.72. The van der Waals surface area contributed by atoms with Gasteiger partial charge in [0.1, 0.15) is 13.2 Å². The van der Waals surface area contributed by atoms with E-state index in [-0.39, 0.29) is 5.82 Å². The van der Waals surface area contributed by atoms with Gasteiger partial charge in [-0.25, -0.2) is 8.42 Å². The van der Waals surface area contributed by atoms with Gasteiger partial charge >= 0.3 is 6.18 Å². The molecular formula is C9H13ClF3N3O3S. The lowest BCUT2D eigenvalue weighted by Crippen LogP contribution is -2.28. The molecule has 11 heteroatoms. The summed E-state index contributed by atoms with van der Waals surface area (Å²) in [6.45, 7) is 2.91. The van der Waals surface area contributed by atoms with Gasteiger partial charge in [-0.3, -0.25) is 4.57 Å². The minimum Gasteiger partial charge on any atom is -0.364 e. The van der Waals surface area contributed by atoms with E-state index in [0.29, 0.717) is 0 Å². The van der Waals surface area contributed by atoms with Crippen molar-refractivity contribution in [1.29, 1.82) is 0 Å². The fraction of sp³-hybridized carbons (Fsp3) is 0.778. The fourth-order valence-corrected chi connectivity index (χ4v) is 2.52. The Morgan fingerprint density at radius 3 is 2.20 bits per heavy atom. The van der Waals surface area contributed by atoms with Crippen LogP contribution in [0.1, 0.15) is 26.6 Å². The highest BCUT2D eigenvalue weighted by atomic mass is 35.7. The maximum absolute atomic E-state index is 12.0. The monoisotopic (exact) mass is 335 g/mol. The number of aromatic nitrogens is 3. The topological polar surface area (TPSA) is 74.1 Å². The van der Waals surface area contributed by atoms with Gasteiger partial charge in [-0.05, 0) is 20.8 Å². The number of alkyl halides is 3. The molecule has 1 rings (SSSR count). The average molecular weight is 336 g/mol. The molecule has 0 saturated heterocycles. The molecule has 0 atom stereocenters. The van der Waals surface area contributed by atoms with Crippen LogP contribution in [0.15, 0.2) is 5.16 Å². The zero-order valence-corrected chi connectivity index (χ0v) is 12.5. The molecule has 1 heterocycles. The number of hydrogen-bond acceptors (Lipinski definition) is 5. The highest BCUT2D eigenvalue weighted by Crippen LogP contribution is 2.24. The van der Waals surface area contributed by atoms with Crippen LogP contribution in [0.5, 0.6) is 0 Å². The van der Waals surface area contributed by atoms with Crippen LogP contribution < -0.4 is 0 Å². The third kappa shape index (κ3) is 4.60. The normalized spacial score (nSPS) is 13.8. The maximum Gasteiger partial charge on any atom is 0.411 e. The van der Waals surface area contributed by atoms with Gasteiger partial charge in [0.05, 0.1) is 0 Å². The Morgan fingerprint density at radius 1 is 1.25 bits per heavy atom. The van der Waals surface area contributed by atoms with Crippen molar-refractivity contribution in [3.05, 3.63) is 5.82 Å². The molecule has 0 amide bonds. The molecule has 1 aromatic rings. The molecule has 0 saturated carbocycles. The maximum atomic E-state index is 12.0. The summed E-state index contributed by atoms with van der Waals surface area (Å²) in [6.07, 6.45) is -4.48. The first-order chi connectivity index (χ1) is 8.82. The molecular weight excluding hydrogens is 323 g/mol. The Morgan fingerprint density at radius 2 is 1.80 bits per heavy atom. The number of nitrogens with zero attached hydrogens (tertiary/aromatic N) is 3. The molecule has 0 fully saturated rings. The Balaban J connectivity index is 3.07. The van der Waals surface area contributed by atoms with Crippen LogP contribution in [0.3, 0.4) is 0 Å². The minimum atomic E-state index is -4.48. The first-order valence-corrected chi connectivity index (χ1v) is 7.67. The fourth-order valence-electron chi connectivity index (χ4n) is 1.48. The van der Waals surface area contributed by atoms with Gasteiger partial charge in [0.25, 0.3) is 14.2 Å². The van der Waals surface area contributed by atoms with Crippen molar-refractivity contribution in [2.24, 2.45) is 0 Å². The third-order valence-electron chi connectivity index (χ3n) is 2.09. The average Bonchev–Trinajstić information content (AvgIpc) is 2.57. The van der Waals surface area contributed by atoms with E-state index in [0.717, 1.165) is 4.57 Å². The second kappa shape index (κ2) is 5.49. The molecule has 0 N–H and O–H groups in total. The summed E-state index contributed by atoms with van der Waals surface area (Å²) < 4.78 is 64.3. The van der Waals surface area contributed by atoms with Crippen molar-refractivity contribution < 1.29 is 26.3 Å². The first-order valence-electron chi connectivity index (χ1n) is 5.36. The van der Waals surface area contributed by atoms with Crippen molar-refractivity contribution in [1.82, 2.24) is 14.8 Å². The third-order valence-corrected chi connectivity index (χ3v) is 3.20. The number of halogens is 4. The van der Waals surface area contributed by atoms with Gasteiger partial charge in [-0.2, -0.15) is 13.2 Å². The lowest BCUT2D eigenvalue weighted by atomic mass is 10.1. The largest absolute Gasteiger partial charge is 0.411 e. The molecule has 0 aliphatic heterocycles. The molecule has 116 valence electrons. The van der Waals surface area contributed by atoms with Crippen LogP contribution in [0.2, 0.25) is 0 Å². The van der Waals surface area contributed by atoms with E-state index >= 15 is 0 Å². The second-order valence-electron chi connectivity index (χ2n) is 4.95. The van der Waals surface area contributed by atoms with E-state index < -0.39 is 39.1 Å². The summed E-state index contributed by atoms with van der Waals surface area (Å²) in [5.41, 5.74) is -0.794. The predicted molar refractivity (Wildman–Crippen MR) is 63.8 cm³/mol. The minimum absolute atomic E-state index is 0.0547. The standard InChI is InChI=1S/C9H13ClF3N3O3S/c1-8(2,3)16-6(4-19-5-9(11,12)13)14-15-7(16)20(10,17)18/h4-5H2,1-3H3. The molecule has 0 radical (unpaired) electrons. The van der Waals surface area contributed by atoms with Crippen LogP contribution in [0.25, 0.3) is 0 Å². The lowest BCUT2D eigenvalue weighted by molar-refractivity contribution is -0.177. The lowest BCUT2D eigenvalue weighted by Gasteiger charge is -2.24. The van der Waals surface area contributed by atoms with Crippen molar-refractivity contribution in [3.8, 4) is 0 Å². The Labute approximate surface area is 118 Å². The van der Waals surface area contributed by atoms with Crippen molar-refractivity contribution >= 4 is 19.7 Å². The van der Waals surface area contributed by atoms with Gasteiger partial charge in [-0.1, -0.05) is 0 Å². The molecule has 0 spiro atoms. The number of ether oxygens (including phenoxy) is 1. The molecule has 1 aromatic heterocycles. The summed E-state index contributed by atoms with van der Waals surface area (Å²) in [7, 11) is 1.05. The summed E-state index contributed by atoms with van der Waals surface area (Å²) in [4.78, 5) is 0. The van der Waals surface area contributed by atoms with Gasteiger partial charge in [0.15, 0.2) is 5.82 Å². The van der Waals surface area contributed by atoms with E-state index in [4.69, 9.17) is 10.7 Å². The van der Waals surface area contributed by atoms with E-state index in [1.165, 1.54) is 0 Å². The molecule has 0 unspecified atom stereocenters. The van der Waals surface area contributed by atoms with E-state index in [9.17, 15) is 21.6 Å². The van der Waals surface area contributed by atoms with Gasteiger partial charge in [0, 0.05) is 16.2 Å². The zero-order valence-electron chi connectivity index (χ0n) is 10.9. The van der Waals surface area contributed by atoms with Crippen molar-refractivity contribution in [2.75, 3.05) is 6.61 Å². The summed E-state index contributed by atoms with van der Waals surface area (Å²) in [5, 5.41) is 6.40. The smallest absolute Gasteiger partial charge is 0.364 e. The summed E-state index contributed by atoms with van der Waals surface area (Å²) in [5.74, 6) is -0.0547. The number of hydrogen-bond donors (Lipinski definition) is 0. The van der Waals surface area contributed by atoms with Gasteiger partial charge in [-0.15, -0.1) is 10.2 Å². The van der Waals surface area contributed by atoms with E-state index in [2.05, 4.69) is 14.9 Å². The quantitative estimate of drug-likeness (QED) is 0.787. The van der Waals surface area contributed by atoms with Crippen LogP contribution in [-0.4, -0.2) is 36.0 Å². The predicted octanol–water partition coefficient (Wildman–Crippen LogP) is 2.04. The Hall–Kier alpha value is -0.870. The van der Waals surface area contributed by atoms with Crippen molar-refractivity contribution in [2.45, 2.75) is 44.2 Å². The highest BCUT2D eigenvalue weighted by Gasteiger charge is 2.31.